The zero-order chi connectivity index (χ0) is 9.78. The third kappa shape index (κ3) is 1.99. The second-order valence-electron chi connectivity index (χ2n) is 2.37. The third-order valence-corrected chi connectivity index (χ3v) is 1.46. The number of carboxylic acids is 1. The zero-order valence-corrected chi connectivity index (χ0v) is 6.42. The van der Waals surface area contributed by atoms with Crippen molar-refractivity contribution in [1.82, 2.24) is 0 Å². The van der Waals surface area contributed by atoms with Crippen LogP contribution in [0.2, 0.25) is 0 Å². The van der Waals surface area contributed by atoms with Crippen LogP contribution in [0.5, 0.6) is 0 Å². The largest absolute Gasteiger partial charge is 0.479 e. The molecule has 0 saturated heterocycles. The molecule has 0 aromatic carbocycles. The van der Waals surface area contributed by atoms with Crippen molar-refractivity contribution < 1.29 is 19.1 Å². The van der Waals surface area contributed by atoms with Crippen molar-refractivity contribution in [2.75, 3.05) is 13.2 Å². The van der Waals surface area contributed by atoms with Crippen molar-refractivity contribution in [2.24, 2.45) is 11.5 Å². The Kier molecular flexibility index (Phi) is 3.78. The molecule has 0 fully saturated rings. The smallest absolute Gasteiger partial charge is 0.334 e. The molecule has 0 aliphatic rings. The monoisotopic (exact) mass is 178 g/mol. The molecule has 6 heteroatoms. The Balaban J connectivity index is 4.52. The molecule has 0 spiro atoms. The number of aliphatic carboxylic acids is 1. The van der Waals surface area contributed by atoms with Crippen LogP contribution in [0.3, 0.4) is 0 Å². The molecule has 0 aromatic rings. The number of alkyl halides is 1. The van der Waals surface area contributed by atoms with Crippen LogP contribution < -0.4 is 11.5 Å². The van der Waals surface area contributed by atoms with Gasteiger partial charge in [-0.2, -0.15) is 0 Å². The summed E-state index contributed by atoms with van der Waals surface area (Å²) < 4.78 is 12.1. The molecular formula is C6H11FN2O3. The fourth-order valence-corrected chi connectivity index (χ4v) is 0.605. The first-order valence-electron chi connectivity index (χ1n) is 3.30. The van der Waals surface area contributed by atoms with Crippen molar-refractivity contribution in [3.63, 3.8) is 0 Å². The first kappa shape index (κ1) is 11.0. The van der Waals surface area contributed by atoms with Crippen LogP contribution in [0.25, 0.3) is 0 Å². The van der Waals surface area contributed by atoms with Gasteiger partial charge >= 0.3 is 5.97 Å². The van der Waals surface area contributed by atoms with Crippen molar-refractivity contribution in [2.45, 2.75) is 12.0 Å². The summed E-state index contributed by atoms with van der Waals surface area (Å²) >= 11 is 0. The summed E-state index contributed by atoms with van der Waals surface area (Å²) in [6.07, 6.45) is -0.229. The fourth-order valence-electron chi connectivity index (χ4n) is 0.605. The molecule has 70 valence electrons. The molecule has 5 nitrogen and oxygen atoms in total. The Morgan fingerprint density at radius 2 is 2.00 bits per heavy atom. The van der Waals surface area contributed by atoms with Crippen LogP contribution >= 0.6 is 0 Å². The van der Waals surface area contributed by atoms with E-state index in [0.717, 1.165) is 0 Å². The standard InChI is InChI=1S/C6H11FN2O3/c7-3-6(9,5(11)12)4(10)1-2-8/h1-3,8-9H2,(H,11,12). The van der Waals surface area contributed by atoms with Crippen LogP contribution in [0.1, 0.15) is 6.42 Å². The Morgan fingerprint density at radius 3 is 2.25 bits per heavy atom. The minimum atomic E-state index is -2.42. The summed E-state index contributed by atoms with van der Waals surface area (Å²) in [5.41, 5.74) is 7.56. The number of carbonyl (C=O) groups is 2. The van der Waals surface area contributed by atoms with E-state index in [-0.39, 0.29) is 13.0 Å². The summed E-state index contributed by atoms with van der Waals surface area (Å²) in [4.78, 5) is 21.3. The summed E-state index contributed by atoms with van der Waals surface area (Å²) in [5.74, 6) is -2.55. The van der Waals surface area contributed by atoms with Crippen LogP contribution in [0, 0.1) is 0 Å². The normalized spacial score (nSPS) is 15.2. The summed E-state index contributed by atoms with van der Waals surface area (Å²) in [6, 6.07) is 0. The SMILES string of the molecule is NCCC(=O)C(N)(CF)C(=O)O. The van der Waals surface area contributed by atoms with Crippen LogP contribution in [0.4, 0.5) is 4.39 Å². The Bertz CT molecular complexity index is 197. The minimum absolute atomic E-state index is 0.0366. The highest BCUT2D eigenvalue weighted by atomic mass is 19.1. The number of nitrogens with two attached hydrogens (primary N) is 2. The number of rotatable bonds is 5. The lowest BCUT2D eigenvalue weighted by Crippen LogP contribution is -2.57. The van der Waals surface area contributed by atoms with Gasteiger partial charge in [-0.25, -0.2) is 9.18 Å². The summed E-state index contributed by atoms with van der Waals surface area (Å²) in [6.45, 7) is -1.45. The lowest BCUT2D eigenvalue weighted by molar-refractivity contribution is -0.149. The molecule has 0 bridgehead atoms. The maximum Gasteiger partial charge on any atom is 0.334 e. The second-order valence-corrected chi connectivity index (χ2v) is 2.37. The molecule has 0 rings (SSSR count). The van der Waals surface area contributed by atoms with Crippen molar-refractivity contribution >= 4 is 11.8 Å². The molecule has 0 heterocycles. The maximum atomic E-state index is 12.1. The van der Waals surface area contributed by atoms with E-state index in [1.807, 2.05) is 0 Å². The topological polar surface area (TPSA) is 106 Å². The highest BCUT2D eigenvalue weighted by molar-refractivity contribution is 6.07. The van der Waals surface area contributed by atoms with E-state index in [9.17, 15) is 14.0 Å². The molecular weight excluding hydrogens is 167 g/mol. The fraction of sp³-hybridized carbons (Fsp3) is 0.667. The predicted molar refractivity (Wildman–Crippen MR) is 39.2 cm³/mol. The van der Waals surface area contributed by atoms with Gasteiger partial charge in [0.25, 0.3) is 0 Å². The lowest BCUT2D eigenvalue weighted by Gasteiger charge is -2.18. The average molecular weight is 178 g/mol. The zero-order valence-electron chi connectivity index (χ0n) is 6.42. The molecule has 0 aromatic heterocycles. The molecule has 0 amide bonds. The van der Waals surface area contributed by atoms with E-state index in [4.69, 9.17) is 16.6 Å². The third-order valence-electron chi connectivity index (χ3n) is 1.46. The highest BCUT2D eigenvalue weighted by Crippen LogP contribution is 2.06. The predicted octanol–water partition coefficient (Wildman–Crippen LogP) is -1.34. The number of Topliss-reactive ketones (excluding diaryl/α,β-unsaturated/α-hetero) is 1. The average Bonchev–Trinajstić information content (AvgIpc) is 2.03. The van der Waals surface area contributed by atoms with Gasteiger partial charge in [-0.15, -0.1) is 0 Å². The first-order chi connectivity index (χ1) is 5.49. The first-order valence-corrected chi connectivity index (χ1v) is 3.30. The van der Waals surface area contributed by atoms with Crippen LogP contribution in [0.15, 0.2) is 0 Å². The second kappa shape index (κ2) is 4.13. The number of hydrogen-bond donors (Lipinski definition) is 3. The van der Waals surface area contributed by atoms with Gasteiger partial charge in [-0.1, -0.05) is 0 Å². The van der Waals surface area contributed by atoms with E-state index in [1.165, 1.54) is 0 Å². The van der Waals surface area contributed by atoms with Crippen molar-refractivity contribution in [3.8, 4) is 0 Å². The quantitative estimate of drug-likeness (QED) is 0.451. The Labute approximate surface area is 68.5 Å². The van der Waals surface area contributed by atoms with Gasteiger partial charge in [-0.05, 0) is 6.54 Å². The summed E-state index contributed by atoms with van der Waals surface area (Å²) in [5, 5.41) is 8.40. The van der Waals surface area contributed by atoms with E-state index in [2.05, 4.69) is 0 Å². The highest BCUT2D eigenvalue weighted by Gasteiger charge is 2.41. The summed E-state index contributed by atoms with van der Waals surface area (Å²) in [7, 11) is 0. The van der Waals surface area contributed by atoms with E-state index >= 15 is 0 Å². The molecule has 1 unspecified atom stereocenters. The number of hydrogen-bond acceptors (Lipinski definition) is 4. The van der Waals surface area contributed by atoms with Gasteiger partial charge in [0.1, 0.15) is 6.67 Å². The van der Waals surface area contributed by atoms with Gasteiger partial charge in [0.15, 0.2) is 5.78 Å². The minimum Gasteiger partial charge on any atom is -0.479 e. The van der Waals surface area contributed by atoms with Gasteiger partial charge in [-0.3, -0.25) is 4.79 Å². The van der Waals surface area contributed by atoms with Crippen LogP contribution in [-0.2, 0) is 9.59 Å². The molecule has 12 heavy (non-hydrogen) atoms. The molecule has 5 N–H and O–H groups in total. The van der Waals surface area contributed by atoms with Crippen molar-refractivity contribution in [1.29, 1.82) is 0 Å². The molecule has 0 radical (unpaired) electrons. The maximum absolute atomic E-state index is 12.1. The lowest BCUT2D eigenvalue weighted by atomic mass is 9.95. The molecule has 0 aliphatic carbocycles. The van der Waals surface area contributed by atoms with Gasteiger partial charge in [0.05, 0.1) is 0 Å². The molecule has 1 atom stereocenters. The van der Waals surface area contributed by atoms with Crippen LogP contribution in [-0.4, -0.2) is 35.6 Å². The van der Waals surface area contributed by atoms with Gasteiger partial charge in [0.2, 0.25) is 5.54 Å². The van der Waals surface area contributed by atoms with E-state index in [1.54, 1.807) is 0 Å². The Morgan fingerprint density at radius 1 is 1.50 bits per heavy atom. The number of ketones is 1. The molecule has 0 saturated carbocycles. The van der Waals surface area contributed by atoms with Gasteiger partial charge < -0.3 is 16.6 Å². The number of carbonyl (C=O) groups excluding carboxylic acids is 1. The number of carboxylic acid groups (broad SMARTS) is 1. The van der Waals surface area contributed by atoms with E-state index < -0.39 is 24.0 Å². The van der Waals surface area contributed by atoms with Gasteiger partial charge in [0, 0.05) is 6.42 Å². The van der Waals surface area contributed by atoms with E-state index in [0.29, 0.717) is 0 Å². The Hall–Kier alpha value is -1.01. The molecule has 0 aliphatic heterocycles. The number of halogens is 1. The van der Waals surface area contributed by atoms with Crippen molar-refractivity contribution in [3.05, 3.63) is 0 Å².